The highest BCUT2D eigenvalue weighted by molar-refractivity contribution is 6.76. The van der Waals surface area contributed by atoms with Crippen molar-refractivity contribution in [2.45, 2.75) is 23.6 Å². The van der Waals surface area contributed by atoms with Gasteiger partial charge in [0.15, 0.2) is 0 Å². The normalized spacial score (nSPS) is 11.1. The van der Waals surface area contributed by atoms with Gasteiger partial charge in [-0.2, -0.15) is 0 Å². The molecule has 0 radical (unpaired) electrons. The van der Waals surface area contributed by atoms with Crippen LogP contribution in [0.5, 0.6) is 5.75 Å². The van der Waals surface area contributed by atoms with Gasteiger partial charge in [-0.25, -0.2) is 0 Å². The van der Waals surface area contributed by atoms with Crippen LogP contribution >= 0.6 is 34.8 Å². The zero-order valence-corrected chi connectivity index (χ0v) is 12.1. The summed E-state index contributed by atoms with van der Waals surface area (Å²) < 4.78 is 3.52. The van der Waals surface area contributed by atoms with Crippen molar-refractivity contribution in [3.8, 4) is 5.75 Å². The molecule has 1 aromatic carbocycles. The molecule has 0 atom stereocenters. The van der Waals surface area contributed by atoms with Gasteiger partial charge in [-0.3, -0.25) is 4.79 Å². The van der Waals surface area contributed by atoms with Gasteiger partial charge in [0.1, 0.15) is 5.75 Å². The monoisotopic (exact) mass is 309 g/mol. The summed E-state index contributed by atoms with van der Waals surface area (Å²) in [6.07, 6.45) is 2.09. The Balaban J connectivity index is 2.53. The van der Waals surface area contributed by atoms with Gasteiger partial charge in [-0.1, -0.05) is 48.1 Å². The molecule has 6 heteroatoms. The minimum atomic E-state index is -1.96. The van der Waals surface area contributed by atoms with Crippen LogP contribution in [0.1, 0.15) is 19.8 Å². The third kappa shape index (κ3) is 5.34. The predicted molar refractivity (Wildman–Crippen MR) is 75.8 cm³/mol. The summed E-state index contributed by atoms with van der Waals surface area (Å²) in [4.78, 5) is 11.4. The number of unbranched alkanes of at least 4 members (excludes halogenated alkanes) is 1. The van der Waals surface area contributed by atoms with Gasteiger partial charge in [-0.05, 0) is 30.7 Å². The molecule has 0 saturated heterocycles. The van der Waals surface area contributed by atoms with Gasteiger partial charge in [0, 0.05) is 5.69 Å². The Kier molecular flexibility index (Phi) is 6.06. The van der Waals surface area contributed by atoms with Gasteiger partial charge in [0.25, 0.3) is 9.70 Å². The van der Waals surface area contributed by atoms with Crippen molar-refractivity contribution in [1.82, 2.24) is 0 Å². The van der Waals surface area contributed by atoms with Crippen LogP contribution < -0.4 is 10.1 Å². The van der Waals surface area contributed by atoms with Crippen molar-refractivity contribution >= 4 is 46.4 Å². The van der Waals surface area contributed by atoms with Crippen molar-refractivity contribution in [3.63, 3.8) is 0 Å². The summed E-state index contributed by atoms with van der Waals surface area (Å²) in [6.45, 7) is 2.77. The van der Waals surface area contributed by atoms with Crippen LogP contribution in [0.2, 0.25) is 0 Å². The van der Waals surface area contributed by atoms with Gasteiger partial charge in [-0.15, -0.1) is 0 Å². The van der Waals surface area contributed by atoms with E-state index in [0.717, 1.165) is 18.6 Å². The summed E-state index contributed by atoms with van der Waals surface area (Å²) in [5.41, 5.74) is 0.550. The number of amides is 1. The Morgan fingerprint density at radius 2 is 1.89 bits per heavy atom. The summed E-state index contributed by atoms with van der Waals surface area (Å²) in [6, 6.07) is 6.89. The second-order valence-electron chi connectivity index (χ2n) is 3.68. The maximum absolute atomic E-state index is 11.4. The van der Waals surface area contributed by atoms with Crippen LogP contribution in [-0.2, 0) is 4.79 Å². The molecule has 0 unspecified atom stereocenters. The van der Waals surface area contributed by atoms with E-state index in [1.165, 1.54) is 0 Å². The first kappa shape index (κ1) is 15.4. The Morgan fingerprint density at radius 1 is 1.28 bits per heavy atom. The third-order valence-electron chi connectivity index (χ3n) is 2.14. The lowest BCUT2D eigenvalue weighted by Gasteiger charge is -2.12. The number of anilines is 1. The van der Waals surface area contributed by atoms with Gasteiger partial charge < -0.3 is 10.1 Å². The van der Waals surface area contributed by atoms with Crippen molar-refractivity contribution in [2.24, 2.45) is 0 Å². The van der Waals surface area contributed by atoms with Crippen molar-refractivity contribution in [3.05, 3.63) is 24.3 Å². The van der Waals surface area contributed by atoms with Crippen LogP contribution in [-0.4, -0.2) is 16.3 Å². The number of nitrogens with one attached hydrogen (secondary N) is 1. The van der Waals surface area contributed by atoms with Crippen LogP contribution in [0.15, 0.2) is 24.3 Å². The maximum Gasteiger partial charge on any atom is 0.276 e. The molecule has 1 N–H and O–H groups in total. The lowest BCUT2D eigenvalue weighted by atomic mass is 10.3. The van der Waals surface area contributed by atoms with E-state index in [1.54, 1.807) is 24.3 Å². The van der Waals surface area contributed by atoms with E-state index in [4.69, 9.17) is 39.5 Å². The highest BCUT2D eigenvalue weighted by Crippen LogP contribution is 2.28. The number of carbonyl (C=O) groups excluding carboxylic acids is 1. The number of hydrogen-bond acceptors (Lipinski definition) is 2. The first-order valence-electron chi connectivity index (χ1n) is 5.54. The first-order chi connectivity index (χ1) is 8.43. The molecule has 0 aromatic heterocycles. The molecule has 0 aliphatic carbocycles. The Hall–Kier alpha value is -0.640. The highest BCUT2D eigenvalue weighted by Gasteiger charge is 2.30. The number of hydrogen-bond donors (Lipinski definition) is 1. The highest BCUT2D eigenvalue weighted by atomic mass is 35.6. The molecule has 1 rings (SSSR count). The second-order valence-corrected chi connectivity index (χ2v) is 5.96. The molecule has 3 nitrogen and oxygen atoms in total. The Bertz CT molecular complexity index is 387. The number of alkyl halides is 3. The number of halogens is 3. The molecular weight excluding hydrogens is 296 g/mol. The minimum absolute atomic E-state index is 0.550. The van der Waals surface area contributed by atoms with E-state index in [0.29, 0.717) is 12.3 Å². The smallest absolute Gasteiger partial charge is 0.276 e. The number of benzene rings is 1. The zero-order valence-electron chi connectivity index (χ0n) is 9.88. The lowest BCUT2D eigenvalue weighted by Crippen LogP contribution is -2.26. The zero-order chi connectivity index (χ0) is 13.6. The van der Waals surface area contributed by atoms with E-state index in [1.807, 2.05) is 0 Å². The minimum Gasteiger partial charge on any atom is -0.494 e. The van der Waals surface area contributed by atoms with Crippen LogP contribution in [0, 0.1) is 0 Å². The summed E-state index contributed by atoms with van der Waals surface area (Å²) >= 11 is 16.3. The average Bonchev–Trinajstić information content (AvgIpc) is 2.30. The lowest BCUT2D eigenvalue weighted by molar-refractivity contribution is -0.115. The molecule has 0 aliphatic heterocycles. The third-order valence-corrected chi connectivity index (χ3v) is 2.65. The summed E-state index contributed by atoms with van der Waals surface area (Å²) in [5, 5.41) is 2.49. The molecule has 100 valence electrons. The molecule has 0 bridgehead atoms. The number of ether oxygens (including phenoxy) is 1. The molecule has 1 amide bonds. The molecule has 0 aliphatic rings. The molecular formula is C12H14Cl3NO2. The van der Waals surface area contributed by atoms with Crippen molar-refractivity contribution < 1.29 is 9.53 Å². The fourth-order valence-corrected chi connectivity index (χ4v) is 1.31. The van der Waals surface area contributed by atoms with Crippen LogP contribution in [0.3, 0.4) is 0 Å². The quantitative estimate of drug-likeness (QED) is 0.654. The molecule has 0 saturated carbocycles. The Labute approximate surface area is 121 Å². The largest absolute Gasteiger partial charge is 0.494 e. The van der Waals surface area contributed by atoms with Gasteiger partial charge >= 0.3 is 0 Å². The van der Waals surface area contributed by atoms with E-state index >= 15 is 0 Å². The molecule has 18 heavy (non-hydrogen) atoms. The molecule has 0 fully saturated rings. The fraction of sp³-hybridized carbons (Fsp3) is 0.417. The number of rotatable bonds is 5. The molecule has 1 aromatic rings. The number of carbonyl (C=O) groups is 1. The van der Waals surface area contributed by atoms with E-state index in [9.17, 15) is 4.79 Å². The van der Waals surface area contributed by atoms with Gasteiger partial charge in [0.05, 0.1) is 6.61 Å². The Morgan fingerprint density at radius 3 is 2.39 bits per heavy atom. The maximum atomic E-state index is 11.4. The summed E-state index contributed by atoms with van der Waals surface area (Å²) in [7, 11) is 0. The van der Waals surface area contributed by atoms with E-state index < -0.39 is 9.70 Å². The molecule has 0 spiro atoms. The molecule has 0 heterocycles. The van der Waals surface area contributed by atoms with Gasteiger partial charge in [0.2, 0.25) is 0 Å². The van der Waals surface area contributed by atoms with Crippen molar-refractivity contribution in [1.29, 1.82) is 0 Å². The standard InChI is InChI=1S/C12H14Cl3NO2/c1-2-3-8-18-10-6-4-9(5-7-10)16-11(17)12(13,14)15/h4-7H,2-3,8H2,1H3,(H,16,17). The average molecular weight is 311 g/mol. The second kappa shape index (κ2) is 7.07. The van der Waals surface area contributed by atoms with Crippen LogP contribution in [0.4, 0.5) is 5.69 Å². The van der Waals surface area contributed by atoms with E-state index in [2.05, 4.69) is 12.2 Å². The van der Waals surface area contributed by atoms with Crippen molar-refractivity contribution in [2.75, 3.05) is 11.9 Å². The first-order valence-corrected chi connectivity index (χ1v) is 6.68. The SMILES string of the molecule is CCCCOc1ccc(NC(=O)C(Cl)(Cl)Cl)cc1. The topological polar surface area (TPSA) is 38.3 Å². The fourth-order valence-electron chi connectivity index (χ4n) is 1.17. The predicted octanol–water partition coefficient (Wildman–Crippen LogP) is 4.17. The van der Waals surface area contributed by atoms with E-state index in [-0.39, 0.29) is 0 Å². The summed E-state index contributed by atoms with van der Waals surface area (Å²) in [5.74, 6) is 0.0579. The van der Waals surface area contributed by atoms with Crippen LogP contribution in [0.25, 0.3) is 0 Å².